The van der Waals surface area contributed by atoms with E-state index in [9.17, 15) is 4.79 Å². The SMILES string of the molecule is COCC(NC(=O)Nc1cc(N)c(C(=N)OC2CCOC2)cn1)c1ccccc1. The maximum absolute atomic E-state index is 12.4. The summed E-state index contributed by atoms with van der Waals surface area (Å²) in [6.45, 7) is 1.40. The molecule has 1 aromatic carbocycles. The molecule has 1 aliphatic heterocycles. The molecule has 9 heteroatoms. The number of rotatable bonds is 7. The second-order valence-corrected chi connectivity index (χ2v) is 6.61. The zero-order chi connectivity index (χ0) is 20.6. The summed E-state index contributed by atoms with van der Waals surface area (Å²) < 4.78 is 16.0. The first kappa shape index (κ1) is 20.6. The third-order valence-electron chi connectivity index (χ3n) is 4.44. The lowest BCUT2D eigenvalue weighted by molar-refractivity contribution is 0.134. The number of urea groups is 1. The first-order valence-electron chi connectivity index (χ1n) is 9.27. The number of methoxy groups -OCH3 is 1. The molecule has 29 heavy (non-hydrogen) atoms. The molecule has 0 bridgehead atoms. The van der Waals surface area contributed by atoms with Gasteiger partial charge in [-0.1, -0.05) is 30.3 Å². The van der Waals surface area contributed by atoms with Gasteiger partial charge in [0.1, 0.15) is 11.9 Å². The maximum atomic E-state index is 12.4. The Labute approximate surface area is 169 Å². The van der Waals surface area contributed by atoms with Gasteiger partial charge in [-0.25, -0.2) is 9.78 Å². The van der Waals surface area contributed by atoms with Crippen molar-refractivity contribution >= 4 is 23.4 Å². The van der Waals surface area contributed by atoms with Crippen LogP contribution in [0.4, 0.5) is 16.3 Å². The van der Waals surface area contributed by atoms with Crippen LogP contribution in [0.1, 0.15) is 23.6 Å². The van der Waals surface area contributed by atoms with E-state index in [2.05, 4.69) is 15.6 Å². The summed E-state index contributed by atoms with van der Waals surface area (Å²) in [6, 6.07) is 10.3. The second kappa shape index (κ2) is 9.85. The molecule has 1 saturated heterocycles. The van der Waals surface area contributed by atoms with Crippen molar-refractivity contribution in [1.82, 2.24) is 10.3 Å². The van der Waals surface area contributed by atoms with Gasteiger partial charge in [0.25, 0.3) is 0 Å². The molecular weight excluding hydrogens is 374 g/mol. The van der Waals surface area contributed by atoms with Gasteiger partial charge in [-0.2, -0.15) is 0 Å². The third-order valence-corrected chi connectivity index (χ3v) is 4.44. The molecule has 2 aromatic rings. The van der Waals surface area contributed by atoms with Gasteiger partial charge in [0.2, 0.25) is 5.90 Å². The van der Waals surface area contributed by atoms with Crippen LogP contribution in [-0.4, -0.2) is 49.9 Å². The van der Waals surface area contributed by atoms with Crippen molar-refractivity contribution in [2.24, 2.45) is 0 Å². The molecule has 2 amide bonds. The number of nitrogen functional groups attached to an aromatic ring is 1. The standard InChI is InChI=1S/C20H25N5O4/c1-27-12-17(13-5-3-2-4-6-13)24-20(26)25-18-9-16(21)15(10-23-18)19(22)29-14-7-8-28-11-14/h2-6,9-10,14,17,22H,7-8,11-12H2,1H3,(H4,21,23,24,25,26). The van der Waals surface area contributed by atoms with Crippen molar-refractivity contribution in [3.63, 3.8) is 0 Å². The van der Waals surface area contributed by atoms with E-state index in [0.717, 1.165) is 12.0 Å². The number of aromatic nitrogens is 1. The summed E-state index contributed by atoms with van der Waals surface area (Å²) in [5.41, 5.74) is 7.61. The first-order chi connectivity index (χ1) is 14.1. The summed E-state index contributed by atoms with van der Waals surface area (Å²) in [6.07, 6.45) is 1.99. The Hall–Kier alpha value is -3.17. The van der Waals surface area contributed by atoms with Gasteiger partial charge in [0.15, 0.2) is 0 Å². The highest BCUT2D eigenvalue weighted by Crippen LogP contribution is 2.19. The number of hydrogen-bond donors (Lipinski definition) is 4. The number of carbonyl (C=O) groups is 1. The summed E-state index contributed by atoms with van der Waals surface area (Å²) in [5, 5.41) is 13.6. The highest BCUT2D eigenvalue weighted by atomic mass is 16.5. The Morgan fingerprint density at radius 1 is 1.41 bits per heavy atom. The molecule has 0 saturated carbocycles. The first-order valence-corrected chi connectivity index (χ1v) is 9.27. The number of anilines is 2. The van der Waals surface area contributed by atoms with Crippen molar-refractivity contribution in [1.29, 1.82) is 5.41 Å². The maximum Gasteiger partial charge on any atom is 0.320 e. The van der Waals surface area contributed by atoms with Crippen LogP contribution in [0.3, 0.4) is 0 Å². The van der Waals surface area contributed by atoms with E-state index in [1.54, 1.807) is 7.11 Å². The van der Waals surface area contributed by atoms with Crippen LogP contribution in [0.15, 0.2) is 42.6 Å². The Morgan fingerprint density at radius 2 is 2.21 bits per heavy atom. The molecule has 2 atom stereocenters. The van der Waals surface area contributed by atoms with Gasteiger partial charge < -0.3 is 25.3 Å². The van der Waals surface area contributed by atoms with Crippen molar-refractivity contribution in [2.75, 3.05) is 38.0 Å². The molecule has 2 unspecified atom stereocenters. The molecule has 1 aromatic heterocycles. The fourth-order valence-electron chi connectivity index (χ4n) is 2.95. The average molecular weight is 399 g/mol. The largest absolute Gasteiger partial charge is 0.472 e. The number of nitrogens with one attached hydrogen (secondary N) is 3. The lowest BCUT2D eigenvalue weighted by Crippen LogP contribution is -2.35. The molecule has 154 valence electrons. The minimum atomic E-state index is -0.440. The van der Waals surface area contributed by atoms with E-state index in [4.69, 9.17) is 25.4 Å². The van der Waals surface area contributed by atoms with Crippen molar-refractivity contribution < 1.29 is 19.0 Å². The Morgan fingerprint density at radius 3 is 2.86 bits per heavy atom. The van der Waals surface area contributed by atoms with Gasteiger partial charge in [0.05, 0.1) is 31.4 Å². The van der Waals surface area contributed by atoms with Gasteiger partial charge in [0, 0.05) is 31.5 Å². The number of ether oxygens (including phenoxy) is 3. The van der Waals surface area contributed by atoms with E-state index < -0.39 is 6.03 Å². The number of nitrogens with zero attached hydrogens (tertiary/aromatic N) is 1. The lowest BCUT2D eigenvalue weighted by atomic mass is 10.1. The predicted molar refractivity (Wildman–Crippen MR) is 109 cm³/mol. The van der Waals surface area contributed by atoms with Crippen LogP contribution in [0.5, 0.6) is 0 Å². The Balaban J connectivity index is 1.61. The predicted octanol–water partition coefficient (Wildman–Crippen LogP) is 2.30. The van der Waals surface area contributed by atoms with Gasteiger partial charge in [-0.3, -0.25) is 10.7 Å². The number of carbonyl (C=O) groups excluding carboxylic acids is 1. The number of benzene rings is 1. The molecule has 1 fully saturated rings. The fraction of sp³-hybridized carbons (Fsp3) is 0.350. The van der Waals surface area contributed by atoms with Crippen LogP contribution in [0.25, 0.3) is 0 Å². The van der Waals surface area contributed by atoms with Crippen LogP contribution < -0.4 is 16.4 Å². The van der Waals surface area contributed by atoms with Gasteiger partial charge in [-0.05, 0) is 5.56 Å². The molecule has 2 heterocycles. The zero-order valence-corrected chi connectivity index (χ0v) is 16.2. The zero-order valence-electron chi connectivity index (χ0n) is 16.2. The van der Waals surface area contributed by atoms with Gasteiger partial charge >= 0.3 is 6.03 Å². The second-order valence-electron chi connectivity index (χ2n) is 6.61. The molecule has 5 N–H and O–H groups in total. The van der Waals surface area contributed by atoms with Gasteiger partial charge in [-0.15, -0.1) is 0 Å². The molecule has 1 aliphatic rings. The summed E-state index contributed by atoms with van der Waals surface area (Å²) in [5.74, 6) is 0.204. The quantitative estimate of drug-likeness (QED) is 0.417. The van der Waals surface area contributed by atoms with E-state index in [0.29, 0.717) is 25.4 Å². The van der Waals surface area contributed by atoms with E-state index in [1.165, 1.54) is 12.3 Å². The van der Waals surface area contributed by atoms with E-state index >= 15 is 0 Å². The molecule has 0 radical (unpaired) electrons. The minimum absolute atomic E-state index is 0.0641. The Kier molecular flexibility index (Phi) is 6.99. The number of amides is 2. The van der Waals surface area contributed by atoms with E-state index in [-0.39, 0.29) is 29.5 Å². The summed E-state index contributed by atoms with van der Waals surface area (Å²) in [7, 11) is 1.57. The molecule has 0 spiro atoms. The highest BCUT2D eigenvalue weighted by Gasteiger charge is 2.21. The highest BCUT2D eigenvalue weighted by molar-refractivity contribution is 5.98. The van der Waals surface area contributed by atoms with Crippen molar-refractivity contribution in [3.8, 4) is 0 Å². The lowest BCUT2D eigenvalue weighted by Gasteiger charge is -2.19. The third kappa shape index (κ3) is 5.66. The van der Waals surface area contributed by atoms with Crippen LogP contribution in [0, 0.1) is 5.41 Å². The normalized spacial score (nSPS) is 16.8. The number of hydrogen-bond acceptors (Lipinski definition) is 7. The molecule has 3 rings (SSSR count). The summed E-state index contributed by atoms with van der Waals surface area (Å²) >= 11 is 0. The molecule has 0 aliphatic carbocycles. The van der Waals surface area contributed by atoms with Crippen LogP contribution >= 0.6 is 0 Å². The van der Waals surface area contributed by atoms with E-state index in [1.807, 2.05) is 30.3 Å². The van der Waals surface area contributed by atoms with Crippen molar-refractivity contribution in [3.05, 3.63) is 53.7 Å². The van der Waals surface area contributed by atoms with Crippen LogP contribution in [0.2, 0.25) is 0 Å². The van der Waals surface area contributed by atoms with Crippen LogP contribution in [-0.2, 0) is 14.2 Å². The summed E-state index contributed by atoms with van der Waals surface area (Å²) in [4.78, 5) is 16.6. The number of nitrogens with two attached hydrogens (primary N) is 1. The topological polar surface area (TPSA) is 132 Å². The van der Waals surface area contributed by atoms with Crippen molar-refractivity contribution in [2.45, 2.75) is 18.6 Å². The fourth-order valence-corrected chi connectivity index (χ4v) is 2.95. The number of pyridine rings is 1. The molecular formula is C20H25N5O4. The smallest absolute Gasteiger partial charge is 0.320 e. The minimum Gasteiger partial charge on any atom is -0.472 e. The Bertz CT molecular complexity index is 840. The monoisotopic (exact) mass is 399 g/mol. The molecule has 9 nitrogen and oxygen atoms in total. The average Bonchev–Trinajstić information content (AvgIpc) is 3.21.